The van der Waals surface area contributed by atoms with Gasteiger partial charge >= 0.3 is 5.97 Å². The summed E-state index contributed by atoms with van der Waals surface area (Å²) < 4.78 is 5.31. The molecule has 0 aromatic heterocycles. The van der Waals surface area contributed by atoms with Gasteiger partial charge in [0.25, 0.3) is 0 Å². The van der Waals surface area contributed by atoms with Crippen LogP contribution in [0.15, 0.2) is 72.8 Å². The second-order valence-corrected chi connectivity index (χ2v) is 6.18. The number of carbonyl (C=O) groups excluding carboxylic acids is 1. The molecular weight excluding hydrogens is 322 g/mol. The van der Waals surface area contributed by atoms with Gasteiger partial charge < -0.3 is 10.5 Å². The highest BCUT2D eigenvalue weighted by Crippen LogP contribution is 2.40. The van der Waals surface area contributed by atoms with Gasteiger partial charge in [-0.3, -0.25) is 0 Å². The number of hydrogen-bond acceptors (Lipinski definition) is 3. The third-order valence-corrected chi connectivity index (χ3v) is 4.64. The lowest BCUT2D eigenvalue weighted by molar-refractivity contribution is 0.0527. The molecule has 4 aromatic carbocycles. The molecule has 0 radical (unpaired) electrons. The molecule has 128 valence electrons. The average molecular weight is 341 g/mol. The minimum atomic E-state index is -0.333. The first-order valence-corrected chi connectivity index (χ1v) is 8.67. The van der Waals surface area contributed by atoms with E-state index in [4.69, 9.17) is 10.5 Å². The van der Waals surface area contributed by atoms with Crippen LogP contribution in [-0.4, -0.2) is 12.6 Å². The molecule has 0 atom stereocenters. The van der Waals surface area contributed by atoms with Crippen molar-refractivity contribution in [2.75, 3.05) is 12.3 Å². The fourth-order valence-electron chi connectivity index (χ4n) is 3.49. The zero-order chi connectivity index (χ0) is 18.1. The zero-order valence-corrected chi connectivity index (χ0v) is 14.5. The van der Waals surface area contributed by atoms with Gasteiger partial charge in [0.2, 0.25) is 0 Å². The Morgan fingerprint density at radius 2 is 1.38 bits per heavy atom. The van der Waals surface area contributed by atoms with Crippen LogP contribution in [0.2, 0.25) is 0 Å². The molecule has 3 heteroatoms. The summed E-state index contributed by atoms with van der Waals surface area (Å²) in [6.45, 7) is 2.14. The second kappa shape index (κ2) is 6.52. The summed E-state index contributed by atoms with van der Waals surface area (Å²) in [7, 11) is 0. The van der Waals surface area contributed by atoms with E-state index in [1.807, 2.05) is 79.7 Å². The number of nitrogen functional groups attached to an aromatic ring is 1. The van der Waals surface area contributed by atoms with Gasteiger partial charge in [-0.2, -0.15) is 0 Å². The number of benzene rings is 4. The molecule has 2 N–H and O–H groups in total. The first-order valence-electron chi connectivity index (χ1n) is 8.67. The third kappa shape index (κ3) is 2.58. The van der Waals surface area contributed by atoms with Crippen LogP contribution in [0.1, 0.15) is 17.3 Å². The Morgan fingerprint density at radius 3 is 2.04 bits per heavy atom. The van der Waals surface area contributed by atoms with Crippen LogP contribution in [0, 0.1) is 0 Å². The Kier molecular flexibility index (Phi) is 4.05. The Bertz CT molecular complexity index is 1130. The summed E-state index contributed by atoms with van der Waals surface area (Å²) in [5, 5.41) is 4.15. The summed E-state index contributed by atoms with van der Waals surface area (Å²) in [6.07, 6.45) is 0. The zero-order valence-electron chi connectivity index (χ0n) is 14.5. The molecule has 0 fully saturated rings. The molecule has 4 aromatic rings. The number of anilines is 1. The largest absolute Gasteiger partial charge is 0.462 e. The summed E-state index contributed by atoms with van der Waals surface area (Å²) in [5.41, 5.74) is 9.29. The van der Waals surface area contributed by atoms with Crippen molar-refractivity contribution in [3.05, 3.63) is 78.4 Å². The standard InChI is InChI=1S/C23H19NO2/c1-2-26-23(25)19-13-11-15-7-3-5-9-17(15)21(19)22-18-10-6-4-8-16(18)12-14-20(22)24/h3-14H,2,24H2,1H3. The Labute approximate surface area is 152 Å². The van der Waals surface area contributed by atoms with Crippen molar-refractivity contribution in [3.63, 3.8) is 0 Å². The number of rotatable bonds is 3. The van der Waals surface area contributed by atoms with E-state index in [1.54, 1.807) is 0 Å². The molecule has 0 saturated heterocycles. The lowest BCUT2D eigenvalue weighted by Crippen LogP contribution is -2.07. The normalized spacial score (nSPS) is 11.0. The fraction of sp³-hybridized carbons (Fsp3) is 0.0870. The van der Waals surface area contributed by atoms with Crippen LogP contribution in [0.25, 0.3) is 32.7 Å². The minimum Gasteiger partial charge on any atom is -0.462 e. The van der Waals surface area contributed by atoms with Crippen molar-refractivity contribution in [1.29, 1.82) is 0 Å². The van der Waals surface area contributed by atoms with Gasteiger partial charge in [0.1, 0.15) is 0 Å². The van der Waals surface area contributed by atoms with Gasteiger partial charge in [0.05, 0.1) is 12.2 Å². The monoisotopic (exact) mass is 341 g/mol. The molecular formula is C23H19NO2. The highest BCUT2D eigenvalue weighted by atomic mass is 16.5. The van der Waals surface area contributed by atoms with Gasteiger partial charge in [-0.25, -0.2) is 4.79 Å². The minimum absolute atomic E-state index is 0.329. The SMILES string of the molecule is CCOC(=O)c1ccc2ccccc2c1-c1c(N)ccc2ccccc12. The van der Waals surface area contributed by atoms with Crippen LogP contribution < -0.4 is 5.73 Å². The highest BCUT2D eigenvalue weighted by molar-refractivity contribution is 6.15. The molecule has 0 aliphatic rings. The molecule has 3 nitrogen and oxygen atoms in total. The first kappa shape index (κ1) is 16.2. The molecule has 0 unspecified atom stereocenters. The quantitative estimate of drug-likeness (QED) is 0.400. The maximum Gasteiger partial charge on any atom is 0.338 e. The summed E-state index contributed by atoms with van der Waals surface area (Å²) >= 11 is 0. The molecule has 0 aliphatic heterocycles. The van der Waals surface area contributed by atoms with Gasteiger partial charge in [0.15, 0.2) is 0 Å². The first-order chi connectivity index (χ1) is 12.7. The summed E-state index contributed by atoms with van der Waals surface area (Å²) in [5.74, 6) is -0.333. The average Bonchev–Trinajstić information content (AvgIpc) is 2.67. The molecule has 0 amide bonds. The van der Waals surface area contributed by atoms with Crippen LogP contribution in [0.3, 0.4) is 0 Å². The lowest BCUT2D eigenvalue weighted by atomic mass is 9.89. The van der Waals surface area contributed by atoms with E-state index in [2.05, 4.69) is 0 Å². The summed E-state index contributed by atoms with van der Waals surface area (Å²) in [4.78, 5) is 12.7. The predicted molar refractivity (Wildman–Crippen MR) is 107 cm³/mol. The number of ether oxygens (including phenoxy) is 1. The number of esters is 1. The van der Waals surface area contributed by atoms with E-state index in [9.17, 15) is 4.79 Å². The van der Waals surface area contributed by atoms with Gasteiger partial charge in [0, 0.05) is 16.8 Å². The smallest absolute Gasteiger partial charge is 0.338 e. The Balaban J connectivity index is 2.16. The van der Waals surface area contributed by atoms with Crippen LogP contribution in [0.4, 0.5) is 5.69 Å². The molecule has 0 bridgehead atoms. The molecule has 4 rings (SSSR count). The third-order valence-electron chi connectivity index (χ3n) is 4.64. The van der Waals surface area contributed by atoms with Crippen molar-refractivity contribution < 1.29 is 9.53 Å². The topological polar surface area (TPSA) is 52.3 Å². The number of carbonyl (C=O) groups is 1. The molecule has 0 heterocycles. The van der Waals surface area contributed by atoms with Crippen molar-refractivity contribution >= 4 is 33.2 Å². The van der Waals surface area contributed by atoms with Crippen LogP contribution >= 0.6 is 0 Å². The van der Waals surface area contributed by atoms with Crippen molar-refractivity contribution in [2.45, 2.75) is 6.92 Å². The molecule has 0 spiro atoms. The van der Waals surface area contributed by atoms with Crippen molar-refractivity contribution in [3.8, 4) is 11.1 Å². The van der Waals surface area contributed by atoms with Crippen LogP contribution in [-0.2, 0) is 4.74 Å². The van der Waals surface area contributed by atoms with E-state index >= 15 is 0 Å². The van der Waals surface area contributed by atoms with Gasteiger partial charge in [-0.1, -0.05) is 60.7 Å². The molecule has 26 heavy (non-hydrogen) atoms. The number of fused-ring (bicyclic) bond motifs is 2. The van der Waals surface area contributed by atoms with E-state index < -0.39 is 0 Å². The van der Waals surface area contributed by atoms with Crippen LogP contribution in [0.5, 0.6) is 0 Å². The number of nitrogens with two attached hydrogens (primary N) is 1. The maximum absolute atomic E-state index is 12.7. The van der Waals surface area contributed by atoms with Gasteiger partial charge in [-0.05, 0) is 40.6 Å². The Hall–Kier alpha value is -3.33. The molecule has 0 saturated carbocycles. The summed E-state index contributed by atoms with van der Waals surface area (Å²) in [6, 6.07) is 23.8. The Morgan fingerprint density at radius 1 is 0.808 bits per heavy atom. The second-order valence-electron chi connectivity index (χ2n) is 6.18. The fourth-order valence-corrected chi connectivity index (χ4v) is 3.49. The van der Waals surface area contributed by atoms with E-state index in [1.165, 1.54) is 0 Å². The number of hydrogen-bond donors (Lipinski definition) is 1. The van der Waals surface area contributed by atoms with Gasteiger partial charge in [-0.15, -0.1) is 0 Å². The van der Waals surface area contributed by atoms with E-state index in [0.29, 0.717) is 17.9 Å². The lowest BCUT2D eigenvalue weighted by Gasteiger charge is -2.17. The molecule has 0 aliphatic carbocycles. The van der Waals surface area contributed by atoms with E-state index in [0.717, 1.165) is 32.7 Å². The van der Waals surface area contributed by atoms with Crippen molar-refractivity contribution in [1.82, 2.24) is 0 Å². The van der Waals surface area contributed by atoms with E-state index in [-0.39, 0.29) is 5.97 Å². The maximum atomic E-state index is 12.7. The van der Waals surface area contributed by atoms with Crippen molar-refractivity contribution in [2.24, 2.45) is 0 Å². The predicted octanol–water partition coefficient (Wildman–Crippen LogP) is 5.42. The highest BCUT2D eigenvalue weighted by Gasteiger charge is 2.20.